The van der Waals surface area contributed by atoms with Crippen molar-refractivity contribution >= 4 is 87.5 Å². The molecule has 0 N–H and O–H groups in total. The molecule has 3 aliphatic heterocycles. The molecule has 10 aromatic rings. The van der Waals surface area contributed by atoms with Crippen molar-refractivity contribution in [2.24, 2.45) is 0 Å². The summed E-state index contributed by atoms with van der Waals surface area (Å²) in [5, 5.41) is 13.7. The molecule has 3 saturated heterocycles. The van der Waals surface area contributed by atoms with Crippen molar-refractivity contribution in [1.82, 2.24) is 39.2 Å². The van der Waals surface area contributed by atoms with E-state index in [-0.39, 0.29) is 12.7 Å². The lowest BCUT2D eigenvalue weighted by Gasteiger charge is -2.39. The van der Waals surface area contributed by atoms with E-state index in [1.165, 1.54) is 22.7 Å². The van der Waals surface area contributed by atoms with Gasteiger partial charge < -0.3 is 56.5 Å². The van der Waals surface area contributed by atoms with Gasteiger partial charge in [0.1, 0.15) is 71.0 Å². The van der Waals surface area contributed by atoms with Crippen LogP contribution in [0, 0.1) is 13.8 Å². The van der Waals surface area contributed by atoms with E-state index in [9.17, 15) is 0 Å². The second-order valence-corrected chi connectivity index (χ2v) is 21.9. The number of aryl methyl sites for hydroxylation is 2. The minimum Gasteiger partial charge on any atom is -0.496 e. The monoisotopic (exact) mass is 1050 g/mol. The third kappa shape index (κ3) is 8.37. The molecule has 3 aliphatic rings. The van der Waals surface area contributed by atoms with Crippen LogP contribution in [-0.2, 0) is 22.7 Å². The Morgan fingerprint density at radius 2 is 1.22 bits per heavy atom. The summed E-state index contributed by atoms with van der Waals surface area (Å²) in [5.74, 6) is 3.65. The van der Waals surface area contributed by atoms with E-state index in [1.54, 1.807) is 53.0 Å². The summed E-state index contributed by atoms with van der Waals surface area (Å²) in [6.07, 6.45) is 5.51. The Morgan fingerprint density at radius 1 is 0.653 bits per heavy atom. The van der Waals surface area contributed by atoms with Crippen molar-refractivity contribution in [2.45, 2.75) is 51.6 Å². The molecule has 0 radical (unpaired) electrons. The molecule has 72 heavy (non-hydrogen) atoms. The first-order valence-electron chi connectivity index (χ1n) is 23.2. The van der Waals surface area contributed by atoms with Crippen LogP contribution in [0.5, 0.6) is 33.4 Å². The number of imidazole rings is 2. The molecule has 11 heterocycles. The summed E-state index contributed by atoms with van der Waals surface area (Å²) in [4.78, 5) is 27.7. The molecule has 2 aromatic carbocycles. The molecule has 2 bridgehead atoms. The highest BCUT2D eigenvalue weighted by molar-refractivity contribution is 7.18. The Labute approximate surface area is 426 Å². The molecular weight excluding hydrogens is 1000 g/mol. The third-order valence-corrected chi connectivity index (χ3v) is 17.0. The molecule has 0 spiro atoms. The average molecular weight is 1050 g/mol. The van der Waals surface area contributed by atoms with Crippen molar-refractivity contribution in [3.05, 3.63) is 69.9 Å². The number of nitrogens with zero attached hydrogens (tertiary/aromatic N) is 10. The molecule has 3 fully saturated rings. The number of thiazole rings is 2. The van der Waals surface area contributed by atoms with Gasteiger partial charge in [-0.15, -0.1) is 32.9 Å². The highest BCUT2D eigenvalue weighted by atomic mass is 32.1. The van der Waals surface area contributed by atoms with Gasteiger partial charge in [0.25, 0.3) is 10.4 Å². The number of anilines is 2. The molecule has 372 valence electrons. The van der Waals surface area contributed by atoms with E-state index in [1.807, 2.05) is 48.8 Å². The SMILES string of the molecule is COc1cc(OCc2nc(N3CC4CCC(COc5nn6cc(-c7cc8c(OCc9nc(N%10CCOCC%10)sc9C)cc(OC)cc8o7)nc6s5)(C3)O4)sc2C)c2cc(-c3cn4nc(OC)sc4n3)oc2c1. The standard InChI is InChI=1S/C48H46N10O10S4/c1-25-34(51-42(69-25)55-8-10-62-11-9-55)21-63-36-12-28(59-3)15-39-31(36)17-41(67-39)33-20-58-45(50-33)72-47(54-58)65-24-48-7-6-27(68-48)18-56(23-48)43-52-35(26(2)70-43)22-64-37-13-29(60-4)14-38-30(37)16-40(66-38)32-19-57-44(49-32)71-46(53-57)61-5/h12-17,19-20,27H,6-11,18,21-24H2,1-5H3. The van der Waals surface area contributed by atoms with Crippen LogP contribution in [0.3, 0.4) is 0 Å². The smallest absolute Gasteiger partial charge is 0.294 e. The van der Waals surface area contributed by atoms with Gasteiger partial charge in [0, 0.05) is 53.7 Å². The highest BCUT2D eigenvalue weighted by Gasteiger charge is 2.48. The first kappa shape index (κ1) is 45.2. The molecule has 0 amide bonds. The highest BCUT2D eigenvalue weighted by Crippen LogP contribution is 2.43. The van der Waals surface area contributed by atoms with E-state index >= 15 is 0 Å². The van der Waals surface area contributed by atoms with Crippen LogP contribution in [0.15, 0.2) is 57.6 Å². The van der Waals surface area contributed by atoms with Crippen molar-refractivity contribution in [3.8, 4) is 56.3 Å². The Bertz CT molecular complexity index is 3570. The number of furan rings is 2. The van der Waals surface area contributed by atoms with Crippen molar-refractivity contribution in [2.75, 3.05) is 77.1 Å². The maximum atomic E-state index is 6.65. The second kappa shape index (κ2) is 18.1. The summed E-state index contributed by atoms with van der Waals surface area (Å²) in [6.45, 7) is 9.51. The van der Waals surface area contributed by atoms with E-state index < -0.39 is 5.60 Å². The number of hydrogen-bond donors (Lipinski definition) is 0. The van der Waals surface area contributed by atoms with Gasteiger partial charge in [-0.2, -0.15) is 0 Å². The van der Waals surface area contributed by atoms with Crippen LogP contribution in [0.4, 0.5) is 10.3 Å². The number of fused-ring (bicyclic) bond motifs is 6. The van der Waals surface area contributed by atoms with E-state index in [0.717, 1.165) is 74.7 Å². The van der Waals surface area contributed by atoms with Crippen molar-refractivity contribution in [1.29, 1.82) is 0 Å². The first-order valence-corrected chi connectivity index (χ1v) is 26.5. The Hall–Kier alpha value is -6.70. The Morgan fingerprint density at radius 3 is 1.79 bits per heavy atom. The van der Waals surface area contributed by atoms with Crippen LogP contribution < -0.4 is 38.2 Å². The van der Waals surface area contributed by atoms with Gasteiger partial charge in [0.2, 0.25) is 9.92 Å². The van der Waals surface area contributed by atoms with Crippen LogP contribution >= 0.6 is 45.3 Å². The fourth-order valence-electron chi connectivity index (χ4n) is 9.33. The quantitative estimate of drug-likeness (QED) is 0.0889. The van der Waals surface area contributed by atoms with Gasteiger partial charge in [0.05, 0.1) is 81.7 Å². The summed E-state index contributed by atoms with van der Waals surface area (Å²) in [6, 6.07) is 11.3. The average Bonchev–Trinajstić information content (AvgIpc) is 4.26. The van der Waals surface area contributed by atoms with Crippen molar-refractivity contribution in [3.63, 3.8) is 0 Å². The molecule has 8 aromatic heterocycles. The van der Waals surface area contributed by atoms with E-state index in [2.05, 4.69) is 28.7 Å². The zero-order chi connectivity index (χ0) is 48.7. The lowest BCUT2D eigenvalue weighted by Crippen LogP contribution is -2.53. The minimum absolute atomic E-state index is 0.0611. The van der Waals surface area contributed by atoms with E-state index in [4.69, 9.17) is 71.8 Å². The summed E-state index contributed by atoms with van der Waals surface area (Å²) >= 11 is 6.05. The number of rotatable bonds is 16. The van der Waals surface area contributed by atoms with E-state index in [0.29, 0.717) is 110 Å². The maximum absolute atomic E-state index is 6.65. The Balaban J connectivity index is 0.669. The van der Waals surface area contributed by atoms with Gasteiger partial charge >= 0.3 is 0 Å². The summed E-state index contributed by atoms with van der Waals surface area (Å²) in [5.41, 5.74) is 3.76. The van der Waals surface area contributed by atoms with Gasteiger partial charge in [0.15, 0.2) is 21.8 Å². The summed E-state index contributed by atoms with van der Waals surface area (Å²) in [7, 11) is 4.83. The maximum Gasteiger partial charge on any atom is 0.294 e. The van der Waals surface area contributed by atoms with Crippen LogP contribution in [0.25, 0.3) is 54.8 Å². The van der Waals surface area contributed by atoms with Crippen LogP contribution in [0.1, 0.15) is 34.0 Å². The third-order valence-electron chi connectivity index (χ3n) is 13.1. The van der Waals surface area contributed by atoms with Gasteiger partial charge in [-0.05, 0) is 61.5 Å². The van der Waals surface area contributed by atoms with Crippen LogP contribution in [0.2, 0.25) is 0 Å². The Kier molecular flexibility index (Phi) is 11.4. The molecular formula is C48H46N10O10S4. The van der Waals surface area contributed by atoms with Gasteiger partial charge in [-0.25, -0.2) is 29.0 Å². The number of morpholine rings is 2. The lowest BCUT2D eigenvalue weighted by atomic mass is 10.0. The minimum atomic E-state index is -0.520. The summed E-state index contributed by atoms with van der Waals surface area (Å²) < 4.78 is 64.0. The molecule has 0 saturated carbocycles. The zero-order valence-corrected chi connectivity index (χ0v) is 42.9. The van der Waals surface area contributed by atoms with Gasteiger partial charge in [-0.1, -0.05) is 0 Å². The number of aromatic nitrogens is 8. The second-order valence-electron chi connectivity index (χ2n) is 17.7. The first-order chi connectivity index (χ1) is 35.1. The van der Waals surface area contributed by atoms with Crippen LogP contribution in [-0.4, -0.2) is 118 Å². The molecule has 0 aliphatic carbocycles. The number of hydrogen-bond acceptors (Lipinski definition) is 22. The fourth-order valence-corrected chi connectivity index (χ4v) is 12.7. The normalized spacial score (nSPS) is 18.1. The van der Waals surface area contributed by atoms with Crippen molar-refractivity contribution < 1.29 is 46.7 Å². The predicted molar refractivity (Wildman–Crippen MR) is 272 cm³/mol. The molecule has 2 atom stereocenters. The molecule has 24 heteroatoms. The fraction of sp³-hybridized carbons (Fsp3) is 0.375. The lowest BCUT2D eigenvalue weighted by molar-refractivity contribution is -0.0768. The largest absolute Gasteiger partial charge is 0.496 e. The molecule has 20 nitrogen and oxygen atoms in total. The predicted octanol–water partition coefficient (Wildman–Crippen LogP) is 9.09. The number of ether oxygens (including phenoxy) is 8. The van der Waals surface area contributed by atoms with Gasteiger partial charge in [-0.3, -0.25) is 0 Å². The number of methoxy groups -OCH3 is 3. The topological polar surface area (TPSA) is 193 Å². The zero-order valence-electron chi connectivity index (χ0n) is 39.7. The molecule has 13 rings (SSSR count). The molecule has 2 unspecified atom stereocenters. The number of benzene rings is 2.